The highest BCUT2D eigenvalue weighted by atomic mass is 32.1. The molecule has 0 saturated carbocycles. The molecule has 2 aromatic heterocycles. The third-order valence-corrected chi connectivity index (χ3v) is 5.18. The number of nitrogens with zero attached hydrogens (tertiary/aromatic N) is 1. The molecule has 0 saturated heterocycles. The van der Waals surface area contributed by atoms with Crippen LogP contribution in [-0.4, -0.2) is 4.57 Å². The monoisotopic (exact) mass is 317 g/mol. The van der Waals surface area contributed by atoms with Gasteiger partial charge in [0.05, 0.1) is 0 Å². The van der Waals surface area contributed by atoms with Crippen LogP contribution in [0.2, 0.25) is 0 Å². The van der Waals surface area contributed by atoms with Crippen molar-refractivity contribution in [3.8, 4) is 0 Å². The Labute approximate surface area is 140 Å². The first kappa shape index (κ1) is 14.3. The zero-order chi connectivity index (χ0) is 15.8. The number of fused-ring (bicyclic) bond motifs is 3. The molecule has 2 heterocycles. The summed E-state index contributed by atoms with van der Waals surface area (Å²) in [7, 11) is 0. The minimum Gasteiger partial charge on any atom is -0.341 e. The molecule has 2 aromatic carbocycles. The molecule has 1 nitrogen and oxygen atoms in total. The molecule has 0 aliphatic rings. The van der Waals surface area contributed by atoms with Gasteiger partial charge in [-0.1, -0.05) is 36.4 Å². The lowest BCUT2D eigenvalue weighted by Gasteiger charge is -2.04. The summed E-state index contributed by atoms with van der Waals surface area (Å²) < 4.78 is 2.42. The van der Waals surface area contributed by atoms with Gasteiger partial charge < -0.3 is 4.57 Å². The normalized spacial score (nSPS) is 11.9. The number of aryl methyl sites for hydroxylation is 2. The summed E-state index contributed by atoms with van der Waals surface area (Å²) in [6, 6.07) is 17.8. The Balaban J connectivity index is 1.89. The summed E-state index contributed by atoms with van der Waals surface area (Å²) >= 11 is 1.77. The van der Waals surface area contributed by atoms with E-state index in [1.165, 1.54) is 37.8 Å². The second kappa shape index (κ2) is 5.71. The van der Waals surface area contributed by atoms with E-state index in [1.807, 2.05) is 0 Å². The maximum absolute atomic E-state index is 2.42. The minimum atomic E-state index is 0.988. The quantitative estimate of drug-likeness (QED) is 0.414. The molecule has 0 aliphatic carbocycles. The van der Waals surface area contributed by atoms with Crippen molar-refractivity contribution in [2.45, 2.75) is 20.4 Å². The molecule has 0 aliphatic heterocycles. The van der Waals surface area contributed by atoms with E-state index < -0.39 is 0 Å². The number of hydrogen-bond acceptors (Lipinski definition) is 1. The van der Waals surface area contributed by atoms with Gasteiger partial charge in [-0.05, 0) is 54.6 Å². The van der Waals surface area contributed by atoms with Gasteiger partial charge >= 0.3 is 0 Å². The molecule has 23 heavy (non-hydrogen) atoms. The second-order valence-electron chi connectivity index (χ2n) is 5.89. The van der Waals surface area contributed by atoms with Crippen molar-refractivity contribution in [3.63, 3.8) is 0 Å². The molecular formula is C21H19NS. The molecule has 114 valence electrons. The van der Waals surface area contributed by atoms with E-state index in [0.717, 1.165) is 6.54 Å². The Morgan fingerprint density at radius 3 is 2.48 bits per heavy atom. The number of rotatable bonds is 3. The fourth-order valence-electron chi connectivity index (χ4n) is 3.23. The Hall–Kier alpha value is -2.32. The maximum atomic E-state index is 2.42. The van der Waals surface area contributed by atoms with Crippen LogP contribution in [0.3, 0.4) is 0 Å². The van der Waals surface area contributed by atoms with Crippen molar-refractivity contribution in [1.82, 2.24) is 4.57 Å². The van der Waals surface area contributed by atoms with Crippen LogP contribution in [0.4, 0.5) is 0 Å². The largest absolute Gasteiger partial charge is 0.341 e. The van der Waals surface area contributed by atoms with Gasteiger partial charge in [0.1, 0.15) is 0 Å². The van der Waals surface area contributed by atoms with E-state index in [2.05, 4.69) is 84.5 Å². The molecule has 0 radical (unpaired) electrons. The fourth-order valence-corrected chi connectivity index (χ4v) is 3.85. The molecule has 4 aromatic rings. The lowest BCUT2D eigenvalue weighted by Crippen LogP contribution is -1.93. The zero-order valence-electron chi connectivity index (χ0n) is 13.4. The average molecular weight is 317 g/mol. The van der Waals surface area contributed by atoms with Crippen molar-refractivity contribution < 1.29 is 0 Å². The molecule has 0 fully saturated rings. The molecule has 0 N–H and O–H groups in total. The van der Waals surface area contributed by atoms with Crippen LogP contribution in [0, 0.1) is 6.92 Å². The predicted molar refractivity (Wildman–Crippen MR) is 103 cm³/mol. The van der Waals surface area contributed by atoms with Gasteiger partial charge in [0, 0.05) is 33.2 Å². The van der Waals surface area contributed by atoms with E-state index in [-0.39, 0.29) is 0 Å². The van der Waals surface area contributed by atoms with Crippen LogP contribution in [0.5, 0.6) is 0 Å². The van der Waals surface area contributed by atoms with Crippen molar-refractivity contribution in [2.75, 3.05) is 0 Å². The lowest BCUT2D eigenvalue weighted by molar-refractivity contribution is 0.827. The van der Waals surface area contributed by atoms with Crippen molar-refractivity contribution >= 4 is 45.3 Å². The van der Waals surface area contributed by atoms with E-state index in [9.17, 15) is 0 Å². The van der Waals surface area contributed by atoms with Gasteiger partial charge in [0.15, 0.2) is 0 Å². The molecule has 0 spiro atoms. The van der Waals surface area contributed by atoms with Gasteiger partial charge in [0.25, 0.3) is 0 Å². The molecule has 0 amide bonds. The van der Waals surface area contributed by atoms with Crippen molar-refractivity contribution in [3.05, 3.63) is 69.9 Å². The first-order chi connectivity index (χ1) is 11.3. The molecule has 0 bridgehead atoms. The SMILES string of the molecule is CCn1c2cc(C)ccc2c2ccc(C=Cc3cccs3)cc21. The van der Waals surface area contributed by atoms with E-state index in [4.69, 9.17) is 0 Å². The standard InChI is InChI=1S/C21H19NS/c1-3-22-20-13-15(2)6-10-18(20)19-11-8-16(14-21(19)22)7-9-17-5-4-12-23-17/h4-14H,3H2,1-2H3. The Bertz CT molecular complexity index is 1000. The van der Waals surface area contributed by atoms with E-state index in [1.54, 1.807) is 11.3 Å². The third kappa shape index (κ3) is 2.49. The smallest absolute Gasteiger partial charge is 0.0497 e. The van der Waals surface area contributed by atoms with Crippen LogP contribution >= 0.6 is 11.3 Å². The zero-order valence-corrected chi connectivity index (χ0v) is 14.2. The van der Waals surface area contributed by atoms with Gasteiger partial charge in [0.2, 0.25) is 0 Å². The minimum absolute atomic E-state index is 0.988. The lowest BCUT2D eigenvalue weighted by atomic mass is 10.1. The number of thiophene rings is 1. The van der Waals surface area contributed by atoms with Crippen LogP contribution in [0.25, 0.3) is 34.0 Å². The van der Waals surface area contributed by atoms with Gasteiger partial charge in [-0.25, -0.2) is 0 Å². The van der Waals surface area contributed by atoms with E-state index >= 15 is 0 Å². The van der Waals surface area contributed by atoms with Crippen LogP contribution in [-0.2, 0) is 6.54 Å². The highest BCUT2D eigenvalue weighted by Crippen LogP contribution is 2.30. The highest BCUT2D eigenvalue weighted by Gasteiger charge is 2.09. The Morgan fingerprint density at radius 1 is 0.957 bits per heavy atom. The second-order valence-corrected chi connectivity index (χ2v) is 6.87. The Morgan fingerprint density at radius 2 is 1.74 bits per heavy atom. The highest BCUT2D eigenvalue weighted by molar-refractivity contribution is 7.10. The summed E-state index contributed by atoms with van der Waals surface area (Å²) in [5.41, 5.74) is 5.22. The maximum Gasteiger partial charge on any atom is 0.0497 e. The van der Waals surface area contributed by atoms with Gasteiger partial charge in [-0.3, -0.25) is 0 Å². The van der Waals surface area contributed by atoms with Crippen molar-refractivity contribution in [2.24, 2.45) is 0 Å². The summed E-state index contributed by atoms with van der Waals surface area (Å²) in [6.45, 7) is 5.36. The first-order valence-corrected chi connectivity index (χ1v) is 8.88. The molecule has 0 atom stereocenters. The van der Waals surface area contributed by atoms with Gasteiger partial charge in [-0.2, -0.15) is 0 Å². The molecule has 0 unspecified atom stereocenters. The van der Waals surface area contributed by atoms with Crippen LogP contribution < -0.4 is 0 Å². The van der Waals surface area contributed by atoms with Crippen LogP contribution in [0.1, 0.15) is 22.9 Å². The summed E-state index contributed by atoms with van der Waals surface area (Å²) in [6.07, 6.45) is 4.39. The Kier molecular flexibility index (Phi) is 3.55. The average Bonchev–Trinajstić information content (AvgIpc) is 3.17. The molecule has 4 rings (SSSR count). The summed E-state index contributed by atoms with van der Waals surface area (Å²) in [4.78, 5) is 1.29. The fraction of sp³-hybridized carbons (Fsp3) is 0.143. The number of aromatic nitrogens is 1. The first-order valence-electron chi connectivity index (χ1n) is 8.00. The predicted octanol–water partition coefficient (Wildman–Crippen LogP) is 6.35. The number of hydrogen-bond donors (Lipinski definition) is 0. The van der Waals surface area contributed by atoms with Gasteiger partial charge in [-0.15, -0.1) is 11.3 Å². The third-order valence-electron chi connectivity index (χ3n) is 4.35. The molecular weight excluding hydrogens is 298 g/mol. The van der Waals surface area contributed by atoms with Crippen molar-refractivity contribution in [1.29, 1.82) is 0 Å². The summed E-state index contributed by atoms with van der Waals surface area (Å²) in [5, 5.41) is 4.80. The van der Waals surface area contributed by atoms with E-state index in [0.29, 0.717) is 0 Å². The summed E-state index contributed by atoms with van der Waals surface area (Å²) in [5.74, 6) is 0. The van der Waals surface area contributed by atoms with Crippen LogP contribution in [0.15, 0.2) is 53.9 Å². The topological polar surface area (TPSA) is 4.93 Å². The molecule has 2 heteroatoms. The number of benzene rings is 2.